The first kappa shape index (κ1) is 14.2. The van der Waals surface area contributed by atoms with Crippen molar-refractivity contribution < 1.29 is 14.7 Å². The largest absolute Gasteiger partial charge is 0.481 e. The number of hydrogen-bond acceptors (Lipinski definition) is 2. The monoisotopic (exact) mass is 268 g/mol. The first-order valence-corrected chi connectivity index (χ1v) is 7.29. The van der Waals surface area contributed by atoms with Crippen LogP contribution in [0.25, 0.3) is 0 Å². The van der Waals surface area contributed by atoms with Crippen molar-refractivity contribution in [3.05, 3.63) is 0 Å². The molecule has 2 saturated carbocycles. The second-order valence-electron chi connectivity index (χ2n) is 6.07. The molecule has 108 valence electrons. The summed E-state index contributed by atoms with van der Waals surface area (Å²) >= 11 is 0. The fraction of sp³-hybridized carbons (Fsp3) is 0.857. The number of urea groups is 1. The topological polar surface area (TPSA) is 78.4 Å². The molecule has 5 heteroatoms. The molecular weight excluding hydrogens is 244 g/mol. The van der Waals surface area contributed by atoms with Crippen molar-refractivity contribution >= 4 is 12.0 Å². The second kappa shape index (κ2) is 5.80. The lowest BCUT2D eigenvalue weighted by Crippen LogP contribution is -2.41. The van der Waals surface area contributed by atoms with Crippen molar-refractivity contribution in [1.29, 1.82) is 0 Å². The number of amides is 2. The van der Waals surface area contributed by atoms with Gasteiger partial charge in [0, 0.05) is 19.5 Å². The highest BCUT2D eigenvalue weighted by molar-refractivity contribution is 5.74. The van der Waals surface area contributed by atoms with Gasteiger partial charge in [-0.3, -0.25) is 4.79 Å². The Kier molecular flexibility index (Phi) is 4.32. The normalized spacial score (nSPS) is 21.5. The molecule has 0 aromatic rings. The zero-order valence-corrected chi connectivity index (χ0v) is 11.6. The van der Waals surface area contributed by atoms with Gasteiger partial charge in [-0.1, -0.05) is 13.3 Å². The van der Waals surface area contributed by atoms with Crippen LogP contribution >= 0.6 is 0 Å². The summed E-state index contributed by atoms with van der Waals surface area (Å²) < 4.78 is 0. The number of carboxylic acid groups (broad SMARTS) is 1. The van der Waals surface area contributed by atoms with Crippen LogP contribution in [-0.2, 0) is 4.79 Å². The zero-order chi connectivity index (χ0) is 13.9. The summed E-state index contributed by atoms with van der Waals surface area (Å²) in [6.45, 7) is 3.16. The van der Waals surface area contributed by atoms with Gasteiger partial charge in [0.25, 0.3) is 0 Å². The van der Waals surface area contributed by atoms with E-state index < -0.39 is 5.97 Å². The van der Waals surface area contributed by atoms with Gasteiger partial charge >= 0.3 is 12.0 Å². The van der Waals surface area contributed by atoms with E-state index in [0.717, 1.165) is 18.9 Å². The molecule has 0 radical (unpaired) electrons. The maximum absolute atomic E-state index is 11.7. The molecule has 1 unspecified atom stereocenters. The molecule has 0 aliphatic heterocycles. The Hall–Kier alpha value is -1.26. The van der Waals surface area contributed by atoms with Gasteiger partial charge in [-0.15, -0.1) is 0 Å². The molecule has 2 rings (SSSR count). The number of carboxylic acids is 1. The van der Waals surface area contributed by atoms with Crippen LogP contribution in [0.3, 0.4) is 0 Å². The van der Waals surface area contributed by atoms with Gasteiger partial charge in [0.15, 0.2) is 0 Å². The average molecular weight is 268 g/mol. The Morgan fingerprint density at radius 2 is 2.00 bits per heavy atom. The van der Waals surface area contributed by atoms with Crippen molar-refractivity contribution in [3.8, 4) is 0 Å². The summed E-state index contributed by atoms with van der Waals surface area (Å²) in [5.41, 5.74) is 0.405. The Labute approximate surface area is 114 Å². The first-order chi connectivity index (χ1) is 9.05. The first-order valence-electron chi connectivity index (χ1n) is 7.29. The van der Waals surface area contributed by atoms with Gasteiger partial charge in [0.2, 0.25) is 0 Å². The minimum atomic E-state index is -0.806. The lowest BCUT2D eigenvalue weighted by atomic mass is 10.0. The van der Waals surface area contributed by atoms with E-state index in [1.807, 2.05) is 6.92 Å². The van der Waals surface area contributed by atoms with Gasteiger partial charge in [-0.05, 0) is 42.9 Å². The summed E-state index contributed by atoms with van der Waals surface area (Å²) in [5, 5.41) is 14.5. The Balaban J connectivity index is 1.62. The van der Waals surface area contributed by atoms with Gasteiger partial charge in [0.1, 0.15) is 0 Å². The van der Waals surface area contributed by atoms with E-state index in [4.69, 9.17) is 5.11 Å². The Morgan fingerprint density at radius 1 is 1.32 bits per heavy atom. The average Bonchev–Trinajstić information content (AvgIpc) is 3.23. The van der Waals surface area contributed by atoms with E-state index in [2.05, 4.69) is 10.6 Å². The van der Waals surface area contributed by atoms with Gasteiger partial charge in [-0.2, -0.15) is 0 Å². The van der Waals surface area contributed by atoms with Crippen LogP contribution in [0, 0.1) is 17.3 Å². The van der Waals surface area contributed by atoms with Crippen LogP contribution < -0.4 is 10.6 Å². The van der Waals surface area contributed by atoms with Crippen molar-refractivity contribution in [2.75, 3.05) is 13.1 Å². The number of nitrogens with one attached hydrogen (secondary N) is 2. The van der Waals surface area contributed by atoms with E-state index in [1.165, 1.54) is 25.7 Å². The maximum atomic E-state index is 11.7. The van der Waals surface area contributed by atoms with Gasteiger partial charge in [-0.25, -0.2) is 4.79 Å². The van der Waals surface area contributed by atoms with Crippen LogP contribution in [0.2, 0.25) is 0 Å². The van der Waals surface area contributed by atoms with E-state index in [1.54, 1.807) is 0 Å². The summed E-state index contributed by atoms with van der Waals surface area (Å²) in [4.78, 5) is 22.3. The molecule has 0 spiro atoms. The van der Waals surface area contributed by atoms with E-state index in [9.17, 15) is 9.59 Å². The molecule has 0 aromatic heterocycles. The lowest BCUT2D eigenvalue weighted by molar-refractivity contribution is -0.138. The number of carbonyl (C=O) groups is 2. The highest BCUT2D eigenvalue weighted by Crippen LogP contribution is 2.60. The van der Waals surface area contributed by atoms with E-state index in [0.29, 0.717) is 12.0 Å². The molecule has 3 N–H and O–H groups in total. The predicted octanol–water partition coefficient (Wildman–Crippen LogP) is 1.98. The smallest absolute Gasteiger partial charge is 0.314 e. The minimum Gasteiger partial charge on any atom is -0.481 e. The standard InChI is InChI=1S/C14H24N2O3/c1-2-10(7-12(17)18)8-15-13(19)16-9-14(5-6-14)11-3-4-11/h10-11H,2-9H2,1H3,(H,17,18)(H2,15,16,19). The van der Waals surface area contributed by atoms with Crippen molar-refractivity contribution in [3.63, 3.8) is 0 Å². The van der Waals surface area contributed by atoms with Crippen LogP contribution in [0.15, 0.2) is 0 Å². The fourth-order valence-corrected chi connectivity index (χ4v) is 2.75. The molecular formula is C14H24N2O3. The number of rotatable bonds is 8. The van der Waals surface area contributed by atoms with Crippen molar-refractivity contribution in [1.82, 2.24) is 10.6 Å². The molecule has 0 aromatic carbocycles. The highest BCUT2D eigenvalue weighted by Gasteiger charge is 2.53. The molecule has 0 bridgehead atoms. The quantitative estimate of drug-likeness (QED) is 0.630. The van der Waals surface area contributed by atoms with Crippen molar-refractivity contribution in [2.24, 2.45) is 17.3 Å². The van der Waals surface area contributed by atoms with E-state index >= 15 is 0 Å². The third-order valence-corrected chi connectivity index (χ3v) is 4.53. The second-order valence-corrected chi connectivity index (χ2v) is 6.07. The van der Waals surface area contributed by atoms with Crippen molar-refractivity contribution in [2.45, 2.75) is 45.4 Å². The number of aliphatic carboxylic acids is 1. The lowest BCUT2D eigenvalue weighted by Gasteiger charge is -2.17. The van der Waals surface area contributed by atoms with Crippen LogP contribution in [0.4, 0.5) is 4.79 Å². The third kappa shape index (κ3) is 4.11. The molecule has 2 amide bonds. The maximum Gasteiger partial charge on any atom is 0.314 e. The van der Waals surface area contributed by atoms with E-state index in [-0.39, 0.29) is 18.4 Å². The molecule has 5 nitrogen and oxygen atoms in total. The minimum absolute atomic E-state index is 0.0153. The summed E-state index contributed by atoms with van der Waals surface area (Å²) in [6.07, 6.45) is 6.00. The number of hydrogen-bond donors (Lipinski definition) is 3. The molecule has 0 heterocycles. The molecule has 0 saturated heterocycles. The highest BCUT2D eigenvalue weighted by atomic mass is 16.4. The van der Waals surface area contributed by atoms with Crippen LogP contribution in [0.1, 0.15) is 45.4 Å². The third-order valence-electron chi connectivity index (χ3n) is 4.53. The summed E-state index contributed by atoms with van der Waals surface area (Å²) in [6, 6.07) is -0.157. The molecule has 2 aliphatic rings. The Bertz CT molecular complexity index is 349. The number of carbonyl (C=O) groups excluding carboxylic acids is 1. The zero-order valence-electron chi connectivity index (χ0n) is 11.6. The molecule has 1 atom stereocenters. The molecule has 2 aliphatic carbocycles. The molecule has 2 fully saturated rings. The summed E-state index contributed by atoms with van der Waals surface area (Å²) in [5.74, 6) is 0.0458. The van der Waals surface area contributed by atoms with Gasteiger partial charge in [0.05, 0.1) is 0 Å². The predicted molar refractivity (Wildman–Crippen MR) is 71.8 cm³/mol. The van der Waals surface area contributed by atoms with Gasteiger partial charge < -0.3 is 15.7 Å². The van der Waals surface area contributed by atoms with Crippen LogP contribution in [0.5, 0.6) is 0 Å². The Morgan fingerprint density at radius 3 is 2.47 bits per heavy atom. The SMILES string of the molecule is CCC(CNC(=O)NCC1(C2CC2)CC1)CC(=O)O. The van der Waals surface area contributed by atoms with Crippen LogP contribution in [-0.4, -0.2) is 30.2 Å². The summed E-state index contributed by atoms with van der Waals surface area (Å²) in [7, 11) is 0. The molecule has 19 heavy (non-hydrogen) atoms. The fourth-order valence-electron chi connectivity index (χ4n) is 2.75.